The molecule has 0 saturated heterocycles. The van der Waals surface area contributed by atoms with Crippen LogP contribution in [-0.2, 0) is 19.2 Å². The van der Waals surface area contributed by atoms with Crippen molar-refractivity contribution in [2.45, 2.75) is 30.6 Å². The number of halogens is 2. The van der Waals surface area contributed by atoms with Crippen molar-refractivity contribution < 1.29 is 44.7 Å². The van der Waals surface area contributed by atoms with E-state index in [0.717, 1.165) is 0 Å². The number of nitrogens with two attached hydrogens (primary N) is 2. The molecule has 15 heteroatoms. The van der Waals surface area contributed by atoms with Gasteiger partial charge in [-0.1, -0.05) is 13.0 Å². The third-order valence-corrected chi connectivity index (χ3v) is 7.59. The highest BCUT2D eigenvalue weighted by Crippen LogP contribution is 2.56. The Bertz CT molecular complexity index is 1330. The lowest BCUT2D eigenvalue weighted by atomic mass is 9.54. The number of carbonyl (C=O) groups excluding carboxylic acids is 4. The van der Waals surface area contributed by atoms with Gasteiger partial charge in [0.1, 0.15) is 22.8 Å². The van der Waals surface area contributed by atoms with Crippen LogP contribution in [0.2, 0.25) is 0 Å². The van der Waals surface area contributed by atoms with E-state index in [-0.39, 0.29) is 42.6 Å². The van der Waals surface area contributed by atoms with Gasteiger partial charge in [0, 0.05) is 11.5 Å². The minimum atomic E-state index is -3.00. The second-order valence-electron chi connectivity index (χ2n) is 9.73. The van der Waals surface area contributed by atoms with Crippen molar-refractivity contribution in [2.24, 2.45) is 23.3 Å². The standard InChI is InChI=1S/C24H28N4O9.2ClH/c1-7-8-4-5-9(27-10(29)6-25)17(30)12(8)18(31)13-11(7)19(32)15-16(28(2)3)20(33)14(23(26)36)22(35)24(15,37)21(13)34;;/h4-5,7,11,15-16,19,30-32,35,37H,6,25H2,1-3H3,(H2,26,36)(H,27,29);2*1H/t7-,11+,15+,16-,19-,24-;;/m0../s1. The van der Waals surface area contributed by atoms with Crippen molar-refractivity contribution in [1.29, 1.82) is 0 Å². The number of Topliss-reactive ketones (excluding diaryl/α,β-unsaturated/α-hetero) is 2. The van der Waals surface area contributed by atoms with Gasteiger partial charge in [0.25, 0.3) is 5.91 Å². The fourth-order valence-electron chi connectivity index (χ4n) is 5.92. The number of carbonyl (C=O) groups is 4. The molecule has 1 aromatic rings. The first-order chi connectivity index (χ1) is 17.2. The number of fused-ring (bicyclic) bond motifs is 3. The van der Waals surface area contributed by atoms with Crippen LogP contribution in [0.4, 0.5) is 5.69 Å². The quantitative estimate of drug-likeness (QED) is 0.160. The SMILES string of the molecule is C[C@H]1c2ccc(NC(=O)CN)c(O)c2C(O)=C2C(=O)[C@]3(O)C(O)=C(C(N)=O)C(=O)[C@@H](N(C)C)[C@@H]3[C@@H](O)[C@@H]21.Cl.Cl. The van der Waals surface area contributed by atoms with Crippen molar-refractivity contribution in [3.63, 3.8) is 0 Å². The Morgan fingerprint density at radius 2 is 1.72 bits per heavy atom. The fraction of sp³-hybridized carbons (Fsp3) is 0.417. The minimum absolute atomic E-state index is 0. The topological polar surface area (TPSA) is 237 Å². The van der Waals surface area contributed by atoms with Gasteiger partial charge in [0.2, 0.25) is 11.7 Å². The van der Waals surface area contributed by atoms with Gasteiger partial charge in [0.15, 0.2) is 11.4 Å². The van der Waals surface area contributed by atoms with Crippen LogP contribution in [0.15, 0.2) is 29.0 Å². The van der Waals surface area contributed by atoms with E-state index >= 15 is 0 Å². The number of ketones is 2. The number of aliphatic hydroxyl groups is 4. The molecule has 2 amide bonds. The van der Waals surface area contributed by atoms with Crippen molar-refractivity contribution >= 4 is 59.6 Å². The highest BCUT2D eigenvalue weighted by Gasteiger charge is 2.68. The monoisotopic (exact) mass is 588 g/mol. The number of likely N-dealkylation sites (N-methyl/N-ethyl adjacent to an activating group) is 1. The first-order valence-electron chi connectivity index (χ1n) is 11.4. The summed E-state index contributed by atoms with van der Waals surface area (Å²) in [5.74, 6) is -10.5. The van der Waals surface area contributed by atoms with Crippen LogP contribution < -0.4 is 16.8 Å². The van der Waals surface area contributed by atoms with Crippen LogP contribution >= 0.6 is 24.8 Å². The van der Waals surface area contributed by atoms with Gasteiger partial charge in [-0.3, -0.25) is 24.1 Å². The molecule has 1 aromatic carbocycles. The maximum absolute atomic E-state index is 13.9. The van der Waals surface area contributed by atoms with Gasteiger partial charge in [-0.25, -0.2) is 0 Å². The third kappa shape index (κ3) is 4.26. The number of primary amides is 1. The summed E-state index contributed by atoms with van der Waals surface area (Å²) in [6.45, 7) is 1.22. The summed E-state index contributed by atoms with van der Waals surface area (Å²) in [6.07, 6.45) is -1.69. The molecule has 1 saturated carbocycles. The van der Waals surface area contributed by atoms with Crippen LogP contribution in [-0.4, -0.2) is 92.2 Å². The molecule has 6 atom stereocenters. The Hall–Kier alpha value is -3.20. The number of phenolic OH excluding ortho intramolecular Hbond substituents is 1. The Kier molecular flexibility index (Phi) is 8.83. The van der Waals surface area contributed by atoms with Crippen LogP contribution in [0.5, 0.6) is 5.75 Å². The van der Waals surface area contributed by atoms with Gasteiger partial charge in [0.05, 0.1) is 35.9 Å². The van der Waals surface area contributed by atoms with E-state index < -0.39 is 87.3 Å². The molecule has 3 aliphatic rings. The molecule has 39 heavy (non-hydrogen) atoms. The number of rotatable bonds is 4. The number of nitrogens with one attached hydrogen (secondary N) is 1. The molecule has 0 aromatic heterocycles. The van der Waals surface area contributed by atoms with E-state index in [1.807, 2.05) is 0 Å². The average Bonchev–Trinajstić information content (AvgIpc) is 2.82. The summed E-state index contributed by atoms with van der Waals surface area (Å²) in [5, 5.41) is 58.5. The number of phenols is 1. The summed E-state index contributed by atoms with van der Waals surface area (Å²) >= 11 is 0. The van der Waals surface area contributed by atoms with Crippen LogP contribution in [0.25, 0.3) is 5.76 Å². The molecule has 0 heterocycles. The zero-order chi connectivity index (χ0) is 27.7. The first kappa shape index (κ1) is 32.0. The summed E-state index contributed by atoms with van der Waals surface area (Å²) < 4.78 is 0. The lowest BCUT2D eigenvalue weighted by Crippen LogP contribution is -2.70. The Balaban J connectivity index is 0.00000267. The van der Waals surface area contributed by atoms with E-state index in [0.29, 0.717) is 5.56 Å². The van der Waals surface area contributed by atoms with Crippen molar-refractivity contribution in [1.82, 2.24) is 4.90 Å². The average molecular weight is 589 g/mol. The maximum Gasteiger partial charge on any atom is 0.255 e. The first-order valence-corrected chi connectivity index (χ1v) is 11.4. The lowest BCUT2D eigenvalue weighted by Gasteiger charge is -2.53. The number of hydrogen-bond acceptors (Lipinski definition) is 11. The number of hydrogen-bond donors (Lipinski definition) is 8. The minimum Gasteiger partial charge on any atom is -0.508 e. The Morgan fingerprint density at radius 3 is 2.23 bits per heavy atom. The normalized spacial score (nSPS) is 29.6. The molecule has 0 bridgehead atoms. The Labute approximate surface area is 235 Å². The fourth-order valence-corrected chi connectivity index (χ4v) is 5.92. The highest BCUT2D eigenvalue weighted by molar-refractivity contribution is 6.24. The predicted octanol–water partition coefficient (Wildman–Crippen LogP) is -0.763. The van der Waals surface area contributed by atoms with Gasteiger partial charge in [-0.05, 0) is 31.6 Å². The van der Waals surface area contributed by atoms with Crippen LogP contribution in [0.1, 0.15) is 24.0 Å². The second kappa shape index (κ2) is 10.8. The zero-order valence-corrected chi connectivity index (χ0v) is 22.7. The van der Waals surface area contributed by atoms with Gasteiger partial charge >= 0.3 is 0 Å². The largest absolute Gasteiger partial charge is 0.508 e. The van der Waals surface area contributed by atoms with E-state index in [9.17, 15) is 44.7 Å². The molecule has 0 unspecified atom stereocenters. The molecular formula is C24H30Cl2N4O9. The third-order valence-electron chi connectivity index (χ3n) is 7.59. The second-order valence-corrected chi connectivity index (χ2v) is 9.73. The summed E-state index contributed by atoms with van der Waals surface area (Å²) in [7, 11) is 2.86. The van der Waals surface area contributed by atoms with E-state index in [2.05, 4.69) is 5.32 Å². The molecule has 3 aliphatic carbocycles. The number of aromatic hydroxyl groups is 1. The van der Waals surface area contributed by atoms with Gasteiger partial charge in [-0.2, -0.15) is 0 Å². The van der Waals surface area contributed by atoms with Crippen molar-refractivity contribution in [3.8, 4) is 5.75 Å². The summed E-state index contributed by atoms with van der Waals surface area (Å²) in [5.41, 5.74) is 6.05. The number of amides is 2. The smallest absolute Gasteiger partial charge is 0.255 e. The summed E-state index contributed by atoms with van der Waals surface area (Å²) in [4.78, 5) is 52.1. The molecule has 1 fully saturated rings. The van der Waals surface area contributed by atoms with E-state index in [1.165, 1.54) is 31.1 Å². The summed E-state index contributed by atoms with van der Waals surface area (Å²) in [6, 6.07) is 1.42. The van der Waals surface area contributed by atoms with Crippen molar-refractivity contribution in [2.75, 3.05) is 26.0 Å². The Morgan fingerprint density at radius 1 is 1.13 bits per heavy atom. The molecule has 214 valence electrons. The number of anilines is 1. The maximum atomic E-state index is 13.9. The number of nitrogens with zero attached hydrogens (tertiary/aromatic N) is 1. The molecular weight excluding hydrogens is 559 g/mol. The van der Waals surface area contributed by atoms with E-state index in [4.69, 9.17) is 11.5 Å². The molecule has 0 radical (unpaired) electrons. The predicted molar refractivity (Wildman–Crippen MR) is 143 cm³/mol. The van der Waals surface area contributed by atoms with E-state index in [1.54, 1.807) is 6.92 Å². The van der Waals surface area contributed by atoms with Gasteiger partial charge in [-0.15, -0.1) is 24.8 Å². The molecule has 13 nitrogen and oxygen atoms in total. The lowest BCUT2D eigenvalue weighted by molar-refractivity contribution is -0.169. The van der Waals surface area contributed by atoms with Crippen molar-refractivity contribution in [3.05, 3.63) is 40.2 Å². The van der Waals surface area contributed by atoms with Gasteiger partial charge < -0.3 is 42.3 Å². The molecule has 0 spiro atoms. The molecule has 4 rings (SSSR count). The number of benzene rings is 1. The molecule has 10 N–H and O–H groups in total. The zero-order valence-electron chi connectivity index (χ0n) is 21.0. The number of aliphatic hydroxyl groups excluding tert-OH is 3. The highest BCUT2D eigenvalue weighted by atomic mass is 35.5. The van der Waals surface area contributed by atoms with Crippen LogP contribution in [0, 0.1) is 11.8 Å². The van der Waals surface area contributed by atoms with Crippen LogP contribution in [0.3, 0.4) is 0 Å². The molecule has 0 aliphatic heterocycles.